The van der Waals surface area contributed by atoms with Crippen molar-refractivity contribution in [3.63, 3.8) is 0 Å². The molecular weight excluding hydrogens is 384 g/mol. The van der Waals surface area contributed by atoms with E-state index in [1.54, 1.807) is 11.1 Å². The second-order valence-electron chi connectivity index (χ2n) is 10.8. The quantitative estimate of drug-likeness (QED) is 0.392. The van der Waals surface area contributed by atoms with E-state index in [2.05, 4.69) is 75.4 Å². The molecule has 32 heavy (non-hydrogen) atoms. The molecule has 2 aliphatic rings. The van der Waals surface area contributed by atoms with Crippen molar-refractivity contribution in [2.75, 3.05) is 0 Å². The molecule has 0 heteroatoms. The van der Waals surface area contributed by atoms with Gasteiger partial charge in [-0.15, -0.1) is 0 Å². The summed E-state index contributed by atoms with van der Waals surface area (Å²) in [7, 11) is 0. The normalized spacial score (nSPS) is 24.7. The highest BCUT2D eigenvalue weighted by Gasteiger charge is 2.22. The Morgan fingerprint density at radius 2 is 1.38 bits per heavy atom. The van der Waals surface area contributed by atoms with E-state index in [9.17, 15) is 0 Å². The van der Waals surface area contributed by atoms with Gasteiger partial charge >= 0.3 is 0 Å². The van der Waals surface area contributed by atoms with Crippen LogP contribution < -0.4 is 0 Å². The Kier molecular flexibility index (Phi) is 8.28. The monoisotopic (exact) mass is 428 g/mol. The third-order valence-electron chi connectivity index (χ3n) is 8.47. The minimum atomic E-state index is 0.780. The SMILES string of the molecule is CCCC1CCC(c2ccc(-c3ccc(C4=CCC(CC(C)CC)CC4)cc3)cc2)CC1. The van der Waals surface area contributed by atoms with Gasteiger partial charge in [0.2, 0.25) is 0 Å². The van der Waals surface area contributed by atoms with E-state index in [-0.39, 0.29) is 0 Å². The number of allylic oxidation sites excluding steroid dienone is 2. The molecular formula is C32H44. The molecule has 2 unspecified atom stereocenters. The maximum Gasteiger partial charge on any atom is -0.0162 e. The van der Waals surface area contributed by atoms with Gasteiger partial charge in [-0.1, -0.05) is 94.6 Å². The molecule has 0 bridgehead atoms. The predicted octanol–water partition coefficient (Wildman–Crippen LogP) is 10.0. The van der Waals surface area contributed by atoms with Crippen molar-refractivity contribution in [2.45, 2.75) is 97.3 Å². The van der Waals surface area contributed by atoms with Crippen LogP contribution >= 0.6 is 0 Å². The Bertz CT molecular complexity index is 846. The van der Waals surface area contributed by atoms with Gasteiger partial charge in [0.1, 0.15) is 0 Å². The van der Waals surface area contributed by atoms with Crippen molar-refractivity contribution in [3.8, 4) is 11.1 Å². The van der Waals surface area contributed by atoms with Gasteiger partial charge in [-0.25, -0.2) is 0 Å². The summed E-state index contributed by atoms with van der Waals surface area (Å²) in [5.41, 5.74) is 7.24. The van der Waals surface area contributed by atoms with Gasteiger partial charge in [-0.3, -0.25) is 0 Å². The molecule has 0 heterocycles. The largest absolute Gasteiger partial charge is 0.0804 e. The third-order valence-corrected chi connectivity index (χ3v) is 8.47. The van der Waals surface area contributed by atoms with E-state index in [4.69, 9.17) is 0 Å². The average molecular weight is 429 g/mol. The zero-order valence-corrected chi connectivity index (χ0v) is 20.8. The molecule has 1 saturated carbocycles. The van der Waals surface area contributed by atoms with Crippen LogP contribution in [0.5, 0.6) is 0 Å². The van der Waals surface area contributed by atoms with E-state index < -0.39 is 0 Å². The van der Waals surface area contributed by atoms with Crippen LogP contribution in [0.1, 0.15) is 108 Å². The van der Waals surface area contributed by atoms with E-state index in [1.165, 1.54) is 87.3 Å². The Hall–Kier alpha value is -1.82. The van der Waals surface area contributed by atoms with E-state index >= 15 is 0 Å². The van der Waals surface area contributed by atoms with Crippen LogP contribution in [0, 0.1) is 17.8 Å². The molecule has 0 aromatic heterocycles. The maximum absolute atomic E-state index is 2.52. The number of hydrogen-bond donors (Lipinski definition) is 0. The zero-order chi connectivity index (χ0) is 22.3. The summed E-state index contributed by atoms with van der Waals surface area (Å²) in [5, 5.41) is 0. The zero-order valence-electron chi connectivity index (χ0n) is 20.8. The van der Waals surface area contributed by atoms with Gasteiger partial charge in [0.05, 0.1) is 0 Å². The first-order valence-electron chi connectivity index (χ1n) is 13.6. The summed E-state index contributed by atoms with van der Waals surface area (Å²) >= 11 is 0. The summed E-state index contributed by atoms with van der Waals surface area (Å²) in [6.07, 6.45) is 17.5. The molecule has 172 valence electrons. The summed E-state index contributed by atoms with van der Waals surface area (Å²) in [5.74, 6) is 3.53. The van der Waals surface area contributed by atoms with E-state index in [1.807, 2.05) is 0 Å². The van der Waals surface area contributed by atoms with Crippen LogP contribution in [0.15, 0.2) is 54.6 Å². The number of benzene rings is 2. The number of rotatable bonds is 8. The van der Waals surface area contributed by atoms with Gasteiger partial charge in [-0.05, 0) is 103 Å². The molecule has 0 saturated heterocycles. The molecule has 0 radical (unpaired) electrons. The highest BCUT2D eigenvalue weighted by Crippen LogP contribution is 2.38. The minimum Gasteiger partial charge on any atom is -0.0804 e. The Balaban J connectivity index is 1.34. The standard InChI is InChI=1S/C32H44/c1-4-6-25-7-11-27(12-8-25)29-15-19-31(20-16-29)32-21-17-30(18-22-32)28-13-9-26(10-14-28)23-24(3)5-2/h13,15-22,24-27H,4-12,14,23H2,1-3H3. The van der Waals surface area contributed by atoms with Crippen LogP contribution in [0.2, 0.25) is 0 Å². The molecule has 2 aromatic carbocycles. The lowest BCUT2D eigenvalue weighted by Crippen LogP contribution is -2.13. The van der Waals surface area contributed by atoms with Crippen molar-refractivity contribution in [3.05, 3.63) is 65.7 Å². The van der Waals surface area contributed by atoms with Crippen molar-refractivity contribution >= 4 is 5.57 Å². The van der Waals surface area contributed by atoms with Crippen LogP contribution in [-0.2, 0) is 0 Å². The van der Waals surface area contributed by atoms with Crippen molar-refractivity contribution in [2.24, 2.45) is 17.8 Å². The van der Waals surface area contributed by atoms with E-state index in [0.29, 0.717) is 0 Å². The lowest BCUT2D eigenvalue weighted by atomic mass is 9.77. The molecule has 2 atom stereocenters. The highest BCUT2D eigenvalue weighted by atomic mass is 14.3. The molecule has 2 aliphatic carbocycles. The fourth-order valence-corrected chi connectivity index (χ4v) is 6.12. The van der Waals surface area contributed by atoms with Crippen molar-refractivity contribution < 1.29 is 0 Å². The topological polar surface area (TPSA) is 0 Å². The Labute approximate surface area is 197 Å². The van der Waals surface area contributed by atoms with Crippen LogP contribution in [-0.4, -0.2) is 0 Å². The van der Waals surface area contributed by atoms with E-state index in [0.717, 1.165) is 23.7 Å². The summed E-state index contributed by atoms with van der Waals surface area (Å²) in [6.45, 7) is 7.05. The maximum atomic E-state index is 2.52. The van der Waals surface area contributed by atoms with Crippen LogP contribution in [0.4, 0.5) is 0 Å². The van der Waals surface area contributed by atoms with Gasteiger partial charge in [0, 0.05) is 0 Å². The molecule has 4 rings (SSSR count). The number of hydrogen-bond acceptors (Lipinski definition) is 0. The lowest BCUT2D eigenvalue weighted by Gasteiger charge is -2.28. The van der Waals surface area contributed by atoms with Crippen molar-refractivity contribution in [1.29, 1.82) is 0 Å². The lowest BCUT2D eigenvalue weighted by molar-refractivity contribution is 0.308. The Morgan fingerprint density at radius 3 is 1.94 bits per heavy atom. The second kappa shape index (κ2) is 11.4. The average Bonchev–Trinajstić information content (AvgIpc) is 2.85. The van der Waals surface area contributed by atoms with Gasteiger partial charge in [0.25, 0.3) is 0 Å². The molecule has 1 fully saturated rings. The smallest absolute Gasteiger partial charge is 0.0162 e. The first kappa shape index (κ1) is 23.3. The first-order valence-corrected chi connectivity index (χ1v) is 13.6. The fraction of sp³-hybridized carbons (Fsp3) is 0.562. The Morgan fingerprint density at radius 1 is 0.750 bits per heavy atom. The summed E-state index contributed by atoms with van der Waals surface area (Å²) in [4.78, 5) is 0. The second-order valence-corrected chi connectivity index (χ2v) is 10.8. The van der Waals surface area contributed by atoms with Gasteiger partial charge in [0.15, 0.2) is 0 Å². The van der Waals surface area contributed by atoms with Crippen molar-refractivity contribution in [1.82, 2.24) is 0 Å². The molecule has 0 N–H and O–H groups in total. The first-order chi connectivity index (χ1) is 15.7. The predicted molar refractivity (Wildman–Crippen MR) is 141 cm³/mol. The fourth-order valence-electron chi connectivity index (χ4n) is 6.12. The molecule has 0 aliphatic heterocycles. The highest BCUT2D eigenvalue weighted by molar-refractivity contribution is 5.71. The summed E-state index contributed by atoms with van der Waals surface area (Å²) in [6, 6.07) is 18.8. The minimum absolute atomic E-state index is 0.780. The molecule has 2 aromatic rings. The van der Waals surface area contributed by atoms with Gasteiger partial charge in [-0.2, -0.15) is 0 Å². The third kappa shape index (κ3) is 5.94. The molecule has 0 nitrogen and oxygen atoms in total. The van der Waals surface area contributed by atoms with Gasteiger partial charge < -0.3 is 0 Å². The summed E-state index contributed by atoms with van der Waals surface area (Å²) < 4.78 is 0. The molecule has 0 spiro atoms. The van der Waals surface area contributed by atoms with Crippen LogP contribution in [0.25, 0.3) is 16.7 Å². The van der Waals surface area contributed by atoms with Crippen LogP contribution in [0.3, 0.4) is 0 Å². The molecule has 0 amide bonds.